The van der Waals surface area contributed by atoms with Crippen molar-refractivity contribution in [3.05, 3.63) is 64.3 Å². The molecule has 1 N–H and O–H groups in total. The highest BCUT2D eigenvalue weighted by atomic mass is 35.5. The maximum atomic E-state index is 12.6. The van der Waals surface area contributed by atoms with Crippen molar-refractivity contribution in [2.75, 3.05) is 20.8 Å². The molecule has 5 nitrogen and oxygen atoms in total. The Morgan fingerprint density at radius 3 is 2.59 bits per heavy atom. The van der Waals surface area contributed by atoms with E-state index in [1.54, 1.807) is 20.3 Å². The number of nitrogens with one attached hydrogen (secondary N) is 1. The molecule has 0 saturated heterocycles. The van der Waals surface area contributed by atoms with Gasteiger partial charge in [0, 0.05) is 17.0 Å². The van der Waals surface area contributed by atoms with Gasteiger partial charge in [0.2, 0.25) is 0 Å². The summed E-state index contributed by atoms with van der Waals surface area (Å²) in [4.78, 5) is 17.1. The van der Waals surface area contributed by atoms with Gasteiger partial charge in [-0.1, -0.05) is 17.7 Å². The minimum Gasteiger partial charge on any atom is -0.493 e. The van der Waals surface area contributed by atoms with Crippen LogP contribution in [0, 0.1) is 6.92 Å². The van der Waals surface area contributed by atoms with Crippen molar-refractivity contribution in [1.82, 2.24) is 10.3 Å². The summed E-state index contributed by atoms with van der Waals surface area (Å²) in [6.45, 7) is 2.33. The fourth-order valence-corrected chi connectivity index (χ4v) is 3.11. The number of aryl methyl sites for hydroxylation is 1. The number of fused-ring (bicyclic) bond motifs is 1. The molecule has 3 rings (SSSR count). The quantitative estimate of drug-likeness (QED) is 0.692. The first-order valence-corrected chi connectivity index (χ1v) is 8.95. The summed E-state index contributed by atoms with van der Waals surface area (Å²) >= 11 is 6.04. The fourth-order valence-electron chi connectivity index (χ4n) is 2.93. The van der Waals surface area contributed by atoms with Crippen molar-refractivity contribution in [3.63, 3.8) is 0 Å². The zero-order valence-electron chi connectivity index (χ0n) is 15.5. The number of halogens is 1. The molecule has 3 aromatic rings. The molecule has 1 aromatic heterocycles. The largest absolute Gasteiger partial charge is 0.493 e. The van der Waals surface area contributed by atoms with Crippen LogP contribution in [0.15, 0.2) is 42.5 Å². The van der Waals surface area contributed by atoms with E-state index in [4.69, 9.17) is 21.1 Å². The van der Waals surface area contributed by atoms with Crippen LogP contribution in [0.2, 0.25) is 5.02 Å². The van der Waals surface area contributed by atoms with E-state index in [0.717, 1.165) is 16.5 Å². The average Bonchev–Trinajstić information content (AvgIpc) is 2.67. The Hall–Kier alpha value is -2.79. The Morgan fingerprint density at radius 2 is 1.85 bits per heavy atom. The number of ether oxygens (including phenoxy) is 2. The number of benzene rings is 2. The van der Waals surface area contributed by atoms with Crippen molar-refractivity contribution in [1.29, 1.82) is 0 Å². The Morgan fingerprint density at radius 1 is 1.07 bits per heavy atom. The van der Waals surface area contributed by atoms with E-state index < -0.39 is 0 Å². The molecular weight excluding hydrogens is 364 g/mol. The van der Waals surface area contributed by atoms with Gasteiger partial charge in [-0.2, -0.15) is 0 Å². The molecule has 0 saturated carbocycles. The van der Waals surface area contributed by atoms with E-state index in [-0.39, 0.29) is 5.91 Å². The van der Waals surface area contributed by atoms with Crippen molar-refractivity contribution in [3.8, 4) is 11.5 Å². The number of nitrogens with zero attached hydrogens (tertiary/aromatic N) is 1. The lowest BCUT2D eigenvalue weighted by atomic mass is 10.1. The van der Waals surface area contributed by atoms with Gasteiger partial charge in [-0.15, -0.1) is 0 Å². The van der Waals surface area contributed by atoms with E-state index in [9.17, 15) is 4.79 Å². The van der Waals surface area contributed by atoms with Crippen LogP contribution >= 0.6 is 11.6 Å². The average molecular weight is 385 g/mol. The molecule has 0 atom stereocenters. The third-order valence-corrected chi connectivity index (χ3v) is 4.59. The fraction of sp³-hybridized carbons (Fsp3) is 0.238. The van der Waals surface area contributed by atoms with Gasteiger partial charge in [0.25, 0.3) is 5.91 Å². The monoisotopic (exact) mass is 384 g/mol. The molecule has 0 spiro atoms. The predicted octanol–water partition coefficient (Wildman–Crippen LogP) is 4.19. The number of hydrogen-bond donors (Lipinski definition) is 1. The van der Waals surface area contributed by atoms with Gasteiger partial charge in [-0.05, 0) is 55.3 Å². The minimum atomic E-state index is -0.151. The molecule has 0 radical (unpaired) electrons. The number of pyridine rings is 1. The maximum Gasteiger partial charge on any atom is 0.253 e. The Balaban J connectivity index is 1.69. The number of rotatable bonds is 6. The van der Waals surface area contributed by atoms with Crippen LogP contribution in [0.25, 0.3) is 10.9 Å². The lowest BCUT2D eigenvalue weighted by molar-refractivity contribution is 0.0953. The third kappa shape index (κ3) is 4.31. The van der Waals surface area contributed by atoms with Crippen molar-refractivity contribution >= 4 is 28.4 Å². The Kier molecular flexibility index (Phi) is 5.81. The van der Waals surface area contributed by atoms with Gasteiger partial charge in [0.05, 0.1) is 31.0 Å². The van der Waals surface area contributed by atoms with Crippen LogP contribution in [0.3, 0.4) is 0 Å². The topological polar surface area (TPSA) is 60.5 Å². The van der Waals surface area contributed by atoms with Crippen LogP contribution < -0.4 is 14.8 Å². The van der Waals surface area contributed by atoms with Crippen molar-refractivity contribution < 1.29 is 14.3 Å². The van der Waals surface area contributed by atoms with E-state index >= 15 is 0 Å². The van der Waals surface area contributed by atoms with Gasteiger partial charge in [-0.25, -0.2) is 0 Å². The molecule has 0 bridgehead atoms. The maximum absolute atomic E-state index is 12.6. The summed E-state index contributed by atoms with van der Waals surface area (Å²) in [5.74, 6) is 1.21. The van der Waals surface area contributed by atoms with Crippen LogP contribution in [0.4, 0.5) is 0 Å². The second kappa shape index (κ2) is 8.27. The molecule has 0 aliphatic carbocycles. The summed E-state index contributed by atoms with van der Waals surface area (Å²) in [5.41, 5.74) is 3.11. The first kappa shape index (κ1) is 19.0. The molecule has 0 aliphatic heterocycles. The minimum absolute atomic E-state index is 0.151. The number of carbonyl (C=O) groups excluding carboxylic acids is 1. The van der Waals surface area contributed by atoms with Crippen molar-refractivity contribution in [2.24, 2.45) is 0 Å². The highest BCUT2D eigenvalue weighted by molar-refractivity contribution is 6.31. The molecule has 0 fully saturated rings. The zero-order valence-corrected chi connectivity index (χ0v) is 16.3. The molecule has 2 aromatic carbocycles. The third-order valence-electron chi connectivity index (χ3n) is 4.36. The highest BCUT2D eigenvalue weighted by Crippen LogP contribution is 2.27. The van der Waals surface area contributed by atoms with E-state index in [1.165, 1.54) is 0 Å². The van der Waals surface area contributed by atoms with Crippen LogP contribution in [-0.4, -0.2) is 31.7 Å². The molecule has 6 heteroatoms. The molecule has 0 unspecified atom stereocenters. The number of methoxy groups -OCH3 is 2. The second-order valence-electron chi connectivity index (χ2n) is 6.15. The zero-order chi connectivity index (χ0) is 19.4. The van der Waals surface area contributed by atoms with E-state index in [0.29, 0.717) is 40.7 Å². The number of hydrogen-bond acceptors (Lipinski definition) is 4. The van der Waals surface area contributed by atoms with Crippen LogP contribution in [-0.2, 0) is 6.42 Å². The van der Waals surface area contributed by atoms with Crippen molar-refractivity contribution in [2.45, 2.75) is 13.3 Å². The second-order valence-corrected chi connectivity index (χ2v) is 6.59. The first-order valence-electron chi connectivity index (χ1n) is 8.58. The number of carbonyl (C=O) groups is 1. The first-order chi connectivity index (χ1) is 13.0. The highest BCUT2D eigenvalue weighted by Gasteiger charge is 2.12. The molecular formula is C21H21ClN2O3. The predicted molar refractivity (Wildman–Crippen MR) is 107 cm³/mol. The summed E-state index contributed by atoms with van der Waals surface area (Å²) in [7, 11) is 3.20. The van der Waals surface area contributed by atoms with Gasteiger partial charge in [0.15, 0.2) is 11.5 Å². The molecule has 27 heavy (non-hydrogen) atoms. The van der Waals surface area contributed by atoms with Gasteiger partial charge >= 0.3 is 0 Å². The standard InChI is InChI=1S/C21H21ClN2O3/c1-13-17(12-15-11-16(22)5-6-18(15)24-13)21(25)23-9-8-14-4-7-19(26-2)20(10-14)27-3/h4-7,10-12H,8-9H2,1-3H3,(H,23,25). The smallest absolute Gasteiger partial charge is 0.253 e. The number of amides is 1. The number of aromatic nitrogens is 1. The molecule has 140 valence electrons. The molecule has 1 amide bonds. The lowest BCUT2D eigenvalue weighted by Crippen LogP contribution is -2.26. The Bertz CT molecular complexity index is 989. The summed E-state index contributed by atoms with van der Waals surface area (Å²) in [6, 6.07) is 13.0. The normalized spacial score (nSPS) is 10.7. The van der Waals surface area contributed by atoms with E-state index in [1.807, 2.05) is 43.3 Å². The van der Waals surface area contributed by atoms with Crippen LogP contribution in [0.5, 0.6) is 11.5 Å². The lowest BCUT2D eigenvalue weighted by Gasteiger charge is -2.11. The summed E-state index contributed by atoms with van der Waals surface area (Å²) < 4.78 is 10.5. The summed E-state index contributed by atoms with van der Waals surface area (Å²) in [5, 5.41) is 4.41. The van der Waals surface area contributed by atoms with E-state index in [2.05, 4.69) is 10.3 Å². The Labute approximate surface area is 163 Å². The van der Waals surface area contributed by atoms with Gasteiger partial charge < -0.3 is 14.8 Å². The summed E-state index contributed by atoms with van der Waals surface area (Å²) in [6.07, 6.45) is 0.679. The van der Waals surface area contributed by atoms with Crippen LogP contribution in [0.1, 0.15) is 21.6 Å². The molecule has 1 heterocycles. The van der Waals surface area contributed by atoms with Gasteiger partial charge in [0.1, 0.15) is 0 Å². The molecule has 0 aliphatic rings. The SMILES string of the molecule is COc1ccc(CCNC(=O)c2cc3cc(Cl)ccc3nc2C)cc1OC. The van der Waals surface area contributed by atoms with Gasteiger partial charge in [-0.3, -0.25) is 9.78 Å².